The van der Waals surface area contributed by atoms with Crippen LogP contribution in [0.15, 0.2) is 24.3 Å². The van der Waals surface area contributed by atoms with Gasteiger partial charge in [0.25, 0.3) is 0 Å². The Morgan fingerprint density at radius 3 is 2.64 bits per heavy atom. The summed E-state index contributed by atoms with van der Waals surface area (Å²) >= 11 is 0. The molecule has 0 heterocycles. The van der Waals surface area contributed by atoms with Crippen molar-refractivity contribution in [3.8, 4) is 0 Å². The minimum atomic E-state index is -2.54. The van der Waals surface area contributed by atoms with E-state index >= 15 is 0 Å². The molecular formula is C7H9NO2S. The molecule has 0 aromatic heterocycles. The molecule has 60 valence electrons. The summed E-state index contributed by atoms with van der Waals surface area (Å²) in [4.78, 5) is 0. The van der Waals surface area contributed by atoms with Crippen molar-refractivity contribution in [3.05, 3.63) is 29.8 Å². The number of rotatable bonds is 2. The fourth-order valence-electron chi connectivity index (χ4n) is 0.820. The van der Waals surface area contributed by atoms with Crippen LogP contribution in [0.3, 0.4) is 0 Å². The summed E-state index contributed by atoms with van der Waals surface area (Å²) in [6.45, 7) is 1.91. The molecule has 0 aliphatic heterocycles. The van der Waals surface area contributed by atoms with Crippen molar-refractivity contribution in [2.45, 2.75) is 6.92 Å². The Bertz CT molecular complexity index is 312. The Hall–Kier alpha value is -1.03. The first kappa shape index (κ1) is 8.07. The minimum Gasteiger partial charge on any atom is -0.286 e. The molecule has 4 heteroatoms. The number of benzene rings is 1. The lowest BCUT2D eigenvalue weighted by Gasteiger charge is -1.97. The number of hydrogen-bond donors (Lipinski definition) is 2. The second kappa shape index (κ2) is 3.39. The fourth-order valence-corrected chi connectivity index (χ4v) is 1.17. The van der Waals surface area contributed by atoms with Gasteiger partial charge in [-0.25, -0.2) is 8.42 Å². The van der Waals surface area contributed by atoms with Gasteiger partial charge < -0.3 is 0 Å². The van der Waals surface area contributed by atoms with E-state index in [1.807, 2.05) is 13.0 Å². The van der Waals surface area contributed by atoms with Crippen LogP contribution in [0.2, 0.25) is 0 Å². The van der Waals surface area contributed by atoms with Crippen molar-refractivity contribution in [2.24, 2.45) is 0 Å². The summed E-state index contributed by atoms with van der Waals surface area (Å²) in [5.74, 6) is 0. The van der Waals surface area contributed by atoms with Crippen LogP contribution in [0.25, 0.3) is 0 Å². The second-order valence-corrected chi connectivity index (χ2v) is 2.98. The van der Waals surface area contributed by atoms with Gasteiger partial charge in [-0.3, -0.25) is 4.72 Å². The van der Waals surface area contributed by atoms with Crippen LogP contribution in [0.1, 0.15) is 5.56 Å². The molecule has 3 nitrogen and oxygen atoms in total. The molecule has 1 rings (SSSR count). The zero-order chi connectivity index (χ0) is 8.27. The maximum Gasteiger partial charge on any atom is 0.222 e. The zero-order valence-electron chi connectivity index (χ0n) is 6.07. The molecule has 0 saturated heterocycles. The monoisotopic (exact) mass is 171 g/mol. The standard InChI is InChI=1S/C7H9NO2S/c1-6-3-2-4-7(5-6)8-11(9)10/h2-5,11H,1H3,(H,8,9,10). The van der Waals surface area contributed by atoms with Crippen LogP contribution >= 0.6 is 0 Å². The molecule has 1 aromatic carbocycles. The molecule has 0 atom stereocenters. The van der Waals surface area contributed by atoms with Crippen LogP contribution in [0.5, 0.6) is 0 Å². The van der Waals surface area contributed by atoms with E-state index in [9.17, 15) is 8.42 Å². The summed E-state index contributed by atoms with van der Waals surface area (Å²) in [6.07, 6.45) is 0. The Kier molecular flexibility index (Phi) is 2.48. The predicted molar refractivity (Wildman–Crippen MR) is 45.1 cm³/mol. The van der Waals surface area contributed by atoms with E-state index < -0.39 is 10.9 Å². The predicted octanol–water partition coefficient (Wildman–Crippen LogP) is 0.933. The van der Waals surface area contributed by atoms with Gasteiger partial charge in [-0.05, 0) is 24.6 Å². The fraction of sp³-hybridized carbons (Fsp3) is 0.143. The van der Waals surface area contributed by atoms with Crippen molar-refractivity contribution in [1.29, 1.82) is 0 Å². The highest BCUT2D eigenvalue weighted by molar-refractivity contribution is 7.73. The van der Waals surface area contributed by atoms with Gasteiger partial charge in [0.15, 0.2) is 0 Å². The van der Waals surface area contributed by atoms with Gasteiger partial charge in [0.05, 0.1) is 0 Å². The maximum absolute atomic E-state index is 10.2. The highest BCUT2D eigenvalue weighted by Crippen LogP contribution is 2.08. The van der Waals surface area contributed by atoms with E-state index in [0.717, 1.165) is 5.56 Å². The lowest BCUT2D eigenvalue weighted by molar-refractivity contribution is 0.619. The molecule has 1 N–H and O–H groups in total. The Morgan fingerprint density at radius 2 is 2.09 bits per heavy atom. The Morgan fingerprint density at radius 1 is 1.36 bits per heavy atom. The number of thiol groups is 1. The SMILES string of the molecule is Cc1cccc(N[SH](=O)=O)c1. The molecule has 0 aliphatic carbocycles. The first-order valence-electron chi connectivity index (χ1n) is 3.16. The molecule has 0 unspecified atom stereocenters. The number of hydrogen-bond acceptors (Lipinski definition) is 2. The lowest BCUT2D eigenvalue weighted by atomic mass is 10.2. The molecule has 0 bridgehead atoms. The molecular weight excluding hydrogens is 162 g/mol. The maximum atomic E-state index is 10.2. The zero-order valence-corrected chi connectivity index (χ0v) is 6.97. The van der Waals surface area contributed by atoms with Crippen LogP contribution in [0, 0.1) is 6.92 Å². The minimum absolute atomic E-state index is 0.612. The van der Waals surface area contributed by atoms with E-state index in [2.05, 4.69) is 4.72 Å². The van der Waals surface area contributed by atoms with Crippen molar-refractivity contribution in [1.82, 2.24) is 0 Å². The Balaban J connectivity index is 2.87. The van der Waals surface area contributed by atoms with Crippen LogP contribution < -0.4 is 4.72 Å². The highest BCUT2D eigenvalue weighted by atomic mass is 32.2. The van der Waals surface area contributed by atoms with E-state index in [-0.39, 0.29) is 0 Å². The third-order valence-corrected chi connectivity index (χ3v) is 1.68. The topological polar surface area (TPSA) is 46.2 Å². The van der Waals surface area contributed by atoms with Crippen LogP contribution in [0.4, 0.5) is 5.69 Å². The van der Waals surface area contributed by atoms with Gasteiger partial charge >= 0.3 is 0 Å². The highest BCUT2D eigenvalue weighted by Gasteiger charge is 1.90. The summed E-state index contributed by atoms with van der Waals surface area (Å²) in [5, 5.41) is 0. The van der Waals surface area contributed by atoms with Gasteiger partial charge in [0.1, 0.15) is 0 Å². The molecule has 0 radical (unpaired) electrons. The second-order valence-electron chi connectivity index (χ2n) is 2.24. The Labute approximate surface area is 67.1 Å². The van der Waals surface area contributed by atoms with Gasteiger partial charge in [0.2, 0.25) is 10.9 Å². The van der Waals surface area contributed by atoms with Gasteiger partial charge in [-0.2, -0.15) is 0 Å². The van der Waals surface area contributed by atoms with Gasteiger partial charge in [-0.1, -0.05) is 12.1 Å². The molecule has 1 aromatic rings. The number of aryl methyl sites for hydroxylation is 1. The molecule has 0 fully saturated rings. The van der Waals surface area contributed by atoms with E-state index in [0.29, 0.717) is 5.69 Å². The molecule has 11 heavy (non-hydrogen) atoms. The number of nitrogens with one attached hydrogen (secondary N) is 1. The first-order valence-corrected chi connectivity index (χ1v) is 4.34. The molecule has 0 amide bonds. The van der Waals surface area contributed by atoms with E-state index in [1.54, 1.807) is 18.2 Å². The number of anilines is 1. The molecule has 0 spiro atoms. The summed E-state index contributed by atoms with van der Waals surface area (Å²) in [7, 11) is -2.54. The van der Waals surface area contributed by atoms with Crippen molar-refractivity contribution >= 4 is 16.6 Å². The average Bonchev–Trinajstić information content (AvgIpc) is 1.85. The lowest BCUT2D eigenvalue weighted by Crippen LogP contribution is -1.94. The summed E-state index contributed by atoms with van der Waals surface area (Å²) in [6, 6.07) is 7.18. The van der Waals surface area contributed by atoms with E-state index in [1.165, 1.54) is 0 Å². The average molecular weight is 171 g/mol. The van der Waals surface area contributed by atoms with Crippen molar-refractivity contribution < 1.29 is 8.42 Å². The first-order chi connectivity index (χ1) is 5.18. The van der Waals surface area contributed by atoms with E-state index in [4.69, 9.17) is 0 Å². The van der Waals surface area contributed by atoms with Crippen molar-refractivity contribution in [3.63, 3.8) is 0 Å². The quantitative estimate of drug-likeness (QED) is 0.650. The molecule has 0 aliphatic rings. The normalized spacial score (nSPS) is 10.0. The smallest absolute Gasteiger partial charge is 0.222 e. The largest absolute Gasteiger partial charge is 0.286 e. The van der Waals surface area contributed by atoms with Gasteiger partial charge in [0, 0.05) is 5.69 Å². The van der Waals surface area contributed by atoms with Crippen LogP contribution in [-0.4, -0.2) is 8.42 Å². The van der Waals surface area contributed by atoms with Crippen LogP contribution in [-0.2, 0) is 10.9 Å². The molecule has 0 saturated carbocycles. The third kappa shape index (κ3) is 2.59. The summed E-state index contributed by atoms with van der Waals surface area (Å²) in [5.41, 5.74) is 1.65. The third-order valence-electron chi connectivity index (χ3n) is 1.24. The summed E-state index contributed by atoms with van der Waals surface area (Å²) < 4.78 is 22.7. The van der Waals surface area contributed by atoms with Crippen molar-refractivity contribution in [2.75, 3.05) is 4.72 Å². The van der Waals surface area contributed by atoms with Gasteiger partial charge in [-0.15, -0.1) is 0 Å².